The molecule has 2 atom stereocenters. The van der Waals surface area contributed by atoms with E-state index in [1.165, 1.54) is 0 Å². The van der Waals surface area contributed by atoms with Crippen LogP contribution in [0.1, 0.15) is 24.2 Å². The molecule has 0 saturated carbocycles. The van der Waals surface area contributed by atoms with Crippen molar-refractivity contribution < 1.29 is 4.79 Å². The lowest BCUT2D eigenvalue weighted by Gasteiger charge is -2.39. The van der Waals surface area contributed by atoms with Crippen LogP contribution < -0.4 is 16.4 Å². The van der Waals surface area contributed by atoms with E-state index in [1.807, 2.05) is 17.8 Å². The van der Waals surface area contributed by atoms with Crippen molar-refractivity contribution in [3.8, 4) is 0 Å². The summed E-state index contributed by atoms with van der Waals surface area (Å²) < 4.78 is 0. The minimum absolute atomic E-state index is 0.436. The van der Waals surface area contributed by atoms with Gasteiger partial charge in [0.15, 0.2) is 0 Å². The van der Waals surface area contributed by atoms with Gasteiger partial charge in [0.25, 0.3) is 0 Å². The molecule has 1 heterocycles. The first-order valence-electron chi connectivity index (χ1n) is 6.08. The van der Waals surface area contributed by atoms with Crippen LogP contribution in [-0.2, 0) is 0 Å². The summed E-state index contributed by atoms with van der Waals surface area (Å²) in [6.07, 6.45) is 0. The second-order valence-electron chi connectivity index (χ2n) is 4.65. The van der Waals surface area contributed by atoms with Gasteiger partial charge >= 0.3 is 0 Å². The number of rotatable bonds is 2. The molecule has 5 heteroatoms. The van der Waals surface area contributed by atoms with E-state index in [0.717, 1.165) is 18.0 Å². The quantitative estimate of drug-likeness (QED) is 0.798. The Morgan fingerprint density at radius 1 is 1.44 bits per heavy atom. The van der Waals surface area contributed by atoms with Gasteiger partial charge in [-0.15, -0.1) is 0 Å². The molecule has 1 aliphatic heterocycles. The first-order chi connectivity index (χ1) is 8.50. The third kappa shape index (κ3) is 2.41. The highest BCUT2D eigenvalue weighted by Crippen LogP contribution is 2.32. The summed E-state index contributed by atoms with van der Waals surface area (Å²) in [4.78, 5) is 13.4. The van der Waals surface area contributed by atoms with Crippen LogP contribution in [0, 0.1) is 0 Å². The lowest BCUT2D eigenvalue weighted by atomic mass is 10.1. The molecule has 1 aromatic carbocycles. The van der Waals surface area contributed by atoms with E-state index in [-0.39, 0.29) is 0 Å². The smallest absolute Gasteiger partial charge is 0.248 e. The number of nitrogens with zero attached hydrogens (tertiary/aromatic N) is 1. The van der Waals surface area contributed by atoms with Crippen LogP contribution in [0.15, 0.2) is 18.2 Å². The molecule has 1 amide bonds. The molecule has 1 fully saturated rings. The van der Waals surface area contributed by atoms with E-state index in [4.69, 9.17) is 11.5 Å². The number of nitrogens with two attached hydrogens (primary N) is 2. The number of thioether (sulfide) groups is 1. The maximum Gasteiger partial charge on any atom is 0.248 e. The largest absolute Gasteiger partial charge is 0.397 e. The Kier molecular flexibility index (Phi) is 3.71. The molecule has 2 rings (SSSR count). The molecule has 0 spiro atoms. The molecule has 1 saturated heterocycles. The summed E-state index contributed by atoms with van der Waals surface area (Å²) in [5.74, 6) is 0.659. The molecular weight excluding hydrogens is 246 g/mol. The number of amides is 1. The van der Waals surface area contributed by atoms with Gasteiger partial charge in [-0.2, -0.15) is 11.8 Å². The molecule has 0 bridgehead atoms. The predicted octanol–water partition coefficient (Wildman–Crippen LogP) is 1.70. The number of carbonyl (C=O) groups is 1. The normalized spacial score (nSPS) is 24.0. The van der Waals surface area contributed by atoms with E-state index < -0.39 is 5.91 Å². The maximum absolute atomic E-state index is 11.1. The minimum atomic E-state index is -0.441. The lowest BCUT2D eigenvalue weighted by Crippen LogP contribution is -2.45. The van der Waals surface area contributed by atoms with Crippen LogP contribution in [-0.4, -0.2) is 29.5 Å². The van der Waals surface area contributed by atoms with Crippen LogP contribution in [0.4, 0.5) is 11.4 Å². The van der Waals surface area contributed by atoms with Crippen LogP contribution in [0.2, 0.25) is 0 Å². The van der Waals surface area contributed by atoms with Crippen molar-refractivity contribution in [3.63, 3.8) is 0 Å². The topological polar surface area (TPSA) is 72.3 Å². The molecule has 1 aliphatic rings. The van der Waals surface area contributed by atoms with Crippen molar-refractivity contribution in [1.29, 1.82) is 0 Å². The molecule has 4 N–H and O–H groups in total. The van der Waals surface area contributed by atoms with Crippen molar-refractivity contribution in [2.75, 3.05) is 22.9 Å². The van der Waals surface area contributed by atoms with E-state index in [0.29, 0.717) is 22.5 Å². The molecule has 0 radical (unpaired) electrons. The van der Waals surface area contributed by atoms with Crippen LogP contribution >= 0.6 is 11.8 Å². The van der Waals surface area contributed by atoms with E-state index in [9.17, 15) is 4.79 Å². The molecule has 1 aromatic rings. The molecule has 0 aliphatic carbocycles. The number of nitrogen functional groups attached to an aromatic ring is 1. The monoisotopic (exact) mass is 265 g/mol. The Morgan fingerprint density at radius 3 is 2.78 bits per heavy atom. The van der Waals surface area contributed by atoms with Crippen molar-refractivity contribution in [2.45, 2.75) is 25.1 Å². The first-order valence-corrected chi connectivity index (χ1v) is 7.13. The average molecular weight is 265 g/mol. The van der Waals surface area contributed by atoms with Gasteiger partial charge in [-0.05, 0) is 25.1 Å². The standard InChI is InChI=1S/C13H19N3OS/c1-8-9(2)18-6-5-16(8)12-4-3-10(13(15)17)7-11(12)14/h3-4,7-9H,5-6,14H2,1-2H3,(H2,15,17). The zero-order valence-corrected chi connectivity index (χ0v) is 11.5. The van der Waals surface area contributed by atoms with E-state index in [1.54, 1.807) is 12.1 Å². The molecule has 18 heavy (non-hydrogen) atoms. The molecule has 2 unspecified atom stereocenters. The van der Waals surface area contributed by atoms with Crippen molar-refractivity contribution in [1.82, 2.24) is 0 Å². The van der Waals surface area contributed by atoms with Crippen LogP contribution in [0.25, 0.3) is 0 Å². The number of hydrogen-bond acceptors (Lipinski definition) is 4. The predicted molar refractivity (Wildman–Crippen MR) is 78.1 cm³/mol. The third-order valence-corrected chi connectivity index (χ3v) is 4.84. The van der Waals surface area contributed by atoms with Crippen LogP contribution in [0.3, 0.4) is 0 Å². The zero-order valence-electron chi connectivity index (χ0n) is 10.7. The fourth-order valence-electron chi connectivity index (χ4n) is 2.24. The fourth-order valence-corrected chi connectivity index (χ4v) is 3.34. The Bertz CT molecular complexity index is 464. The summed E-state index contributed by atoms with van der Waals surface area (Å²) >= 11 is 1.98. The van der Waals surface area contributed by atoms with Gasteiger partial charge in [0, 0.05) is 29.2 Å². The molecular formula is C13H19N3OS. The van der Waals surface area contributed by atoms with Gasteiger partial charge in [-0.25, -0.2) is 0 Å². The Labute approximate surface area is 112 Å². The van der Waals surface area contributed by atoms with Gasteiger partial charge in [0.2, 0.25) is 5.91 Å². The number of hydrogen-bond donors (Lipinski definition) is 2. The Balaban J connectivity index is 2.30. The summed E-state index contributed by atoms with van der Waals surface area (Å²) in [7, 11) is 0. The average Bonchev–Trinajstić information content (AvgIpc) is 2.33. The molecule has 4 nitrogen and oxygen atoms in total. The van der Waals surface area contributed by atoms with Gasteiger partial charge in [-0.3, -0.25) is 4.79 Å². The van der Waals surface area contributed by atoms with Crippen molar-refractivity contribution >= 4 is 29.0 Å². The Morgan fingerprint density at radius 2 is 2.17 bits per heavy atom. The highest BCUT2D eigenvalue weighted by Gasteiger charge is 2.26. The van der Waals surface area contributed by atoms with Crippen molar-refractivity contribution in [2.24, 2.45) is 5.73 Å². The van der Waals surface area contributed by atoms with E-state index in [2.05, 4.69) is 18.7 Å². The number of benzene rings is 1. The summed E-state index contributed by atoms with van der Waals surface area (Å²) in [5.41, 5.74) is 13.4. The SMILES string of the molecule is CC1SCCN(c2ccc(C(N)=O)cc2N)C1C. The molecule has 98 valence electrons. The third-order valence-electron chi connectivity index (χ3n) is 3.51. The fraction of sp³-hybridized carbons (Fsp3) is 0.462. The lowest BCUT2D eigenvalue weighted by molar-refractivity contribution is 0.100. The Hall–Kier alpha value is -1.36. The second-order valence-corrected chi connectivity index (χ2v) is 6.13. The zero-order chi connectivity index (χ0) is 13.3. The first kappa shape index (κ1) is 13.1. The minimum Gasteiger partial charge on any atom is -0.397 e. The molecule has 0 aromatic heterocycles. The maximum atomic E-state index is 11.1. The summed E-state index contributed by atoms with van der Waals surface area (Å²) in [5, 5.41) is 0.578. The second kappa shape index (κ2) is 5.10. The van der Waals surface area contributed by atoms with Crippen molar-refractivity contribution in [3.05, 3.63) is 23.8 Å². The highest BCUT2D eigenvalue weighted by atomic mass is 32.2. The van der Waals surface area contributed by atoms with Crippen LogP contribution in [0.5, 0.6) is 0 Å². The van der Waals surface area contributed by atoms with Gasteiger partial charge in [-0.1, -0.05) is 6.92 Å². The highest BCUT2D eigenvalue weighted by molar-refractivity contribution is 8.00. The van der Waals surface area contributed by atoms with Gasteiger partial charge < -0.3 is 16.4 Å². The van der Waals surface area contributed by atoms with E-state index >= 15 is 0 Å². The van der Waals surface area contributed by atoms with Gasteiger partial charge in [0.05, 0.1) is 11.4 Å². The number of primary amides is 1. The summed E-state index contributed by atoms with van der Waals surface area (Å²) in [6, 6.07) is 5.74. The number of anilines is 2. The summed E-state index contributed by atoms with van der Waals surface area (Å²) in [6.45, 7) is 5.42. The van der Waals surface area contributed by atoms with Gasteiger partial charge in [0.1, 0.15) is 0 Å². The number of carbonyl (C=O) groups excluding carboxylic acids is 1.